The minimum absolute atomic E-state index is 0.0246. The number of rotatable bonds is 7. The number of amides is 1. The maximum atomic E-state index is 11.9. The molecule has 0 aliphatic rings. The van der Waals surface area contributed by atoms with E-state index in [1.54, 1.807) is 11.9 Å². The lowest BCUT2D eigenvalue weighted by atomic mass is 9.85. The van der Waals surface area contributed by atoms with Gasteiger partial charge in [0.25, 0.3) is 0 Å². The molecular weight excluding hydrogens is 218 g/mol. The number of hydrogen-bond donors (Lipinski definition) is 1. The van der Waals surface area contributed by atoms with Crippen LogP contribution < -0.4 is 0 Å². The summed E-state index contributed by atoms with van der Waals surface area (Å²) in [5.74, 6) is -0.262. The predicted octanol–water partition coefficient (Wildman–Crippen LogP) is 2.38. The Morgan fingerprint density at radius 1 is 1.24 bits per heavy atom. The second kappa shape index (κ2) is 6.62. The average Bonchev–Trinajstić information content (AvgIpc) is 2.10. The van der Waals surface area contributed by atoms with Gasteiger partial charge < -0.3 is 10.0 Å². The van der Waals surface area contributed by atoms with Gasteiger partial charge in [-0.05, 0) is 17.8 Å². The zero-order chi connectivity index (χ0) is 13.6. The van der Waals surface area contributed by atoms with Crippen molar-refractivity contribution in [3.63, 3.8) is 0 Å². The van der Waals surface area contributed by atoms with Gasteiger partial charge in [-0.15, -0.1) is 0 Å². The van der Waals surface area contributed by atoms with Crippen LogP contribution in [0.4, 0.5) is 0 Å². The Balaban J connectivity index is 4.19. The zero-order valence-corrected chi connectivity index (χ0v) is 11.6. The quantitative estimate of drug-likeness (QED) is 0.747. The standard InChI is InChI=1S/C13H25NO3/c1-10(2)6-7-14(5)11(15)8-13(3,4)9-12(16)17/h10H,6-9H2,1-5H3,(H,16,17). The third kappa shape index (κ3) is 7.77. The molecule has 0 rings (SSSR count). The predicted molar refractivity (Wildman–Crippen MR) is 67.7 cm³/mol. The van der Waals surface area contributed by atoms with Gasteiger partial charge in [0.2, 0.25) is 5.91 Å². The van der Waals surface area contributed by atoms with Crippen LogP contribution >= 0.6 is 0 Å². The molecule has 4 heteroatoms. The van der Waals surface area contributed by atoms with Crippen LogP contribution in [0.15, 0.2) is 0 Å². The van der Waals surface area contributed by atoms with Crippen LogP contribution in [0, 0.1) is 11.3 Å². The molecule has 0 fully saturated rings. The Bertz CT molecular complexity index is 272. The lowest BCUT2D eigenvalue weighted by Crippen LogP contribution is -2.33. The van der Waals surface area contributed by atoms with E-state index < -0.39 is 11.4 Å². The molecule has 1 amide bonds. The van der Waals surface area contributed by atoms with Crippen molar-refractivity contribution in [1.82, 2.24) is 4.90 Å². The van der Waals surface area contributed by atoms with Crippen molar-refractivity contribution in [3.05, 3.63) is 0 Å². The van der Waals surface area contributed by atoms with Crippen LogP contribution in [-0.2, 0) is 9.59 Å². The Morgan fingerprint density at radius 2 is 1.76 bits per heavy atom. The molecule has 0 bridgehead atoms. The van der Waals surface area contributed by atoms with E-state index in [1.165, 1.54) is 0 Å². The molecule has 1 N–H and O–H groups in total. The summed E-state index contributed by atoms with van der Waals surface area (Å²) in [5.41, 5.74) is -0.477. The molecule has 0 atom stereocenters. The monoisotopic (exact) mass is 243 g/mol. The van der Waals surface area contributed by atoms with Crippen LogP contribution in [0.2, 0.25) is 0 Å². The number of carbonyl (C=O) groups is 2. The van der Waals surface area contributed by atoms with Gasteiger partial charge in [0.05, 0.1) is 6.42 Å². The Labute approximate surface area is 104 Å². The lowest BCUT2D eigenvalue weighted by molar-refractivity contribution is -0.140. The van der Waals surface area contributed by atoms with Gasteiger partial charge in [0.1, 0.15) is 0 Å². The Morgan fingerprint density at radius 3 is 2.18 bits per heavy atom. The number of hydrogen-bond acceptors (Lipinski definition) is 2. The lowest BCUT2D eigenvalue weighted by Gasteiger charge is -2.26. The summed E-state index contributed by atoms with van der Waals surface area (Å²) in [7, 11) is 1.78. The average molecular weight is 243 g/mol. The first-order valence-corrected chi connectivity index (χ1v) is 6.10. The summed E-state index contributed by atoms with van der Waals surface area (Å²) in [4.78, 5) is 24.2. The highest BCUT2D eigenvalue weighted by Crippen LogP contribution is 2.25. The molecule has 0 saturated heterocycles. The van der Waals surface area contributed by atoms with Crippen molar-refractivity contribution >= 4 is 11.9 Å². The van der Waals surface area contributed by atoms with Crippen LogP contribution in [0.3, 0.4) is 0 Å². The molecular formula is C13H25NO3. The molecule has 0 heterocycles. The Kier molecular flexibility index (Phi) is 6.21. The van der Waals surface area contributed by atoms with Gasteiger partial charge in [-0.25, -0.2) is 0 Å². The van der Waals surface area contributed by atoms with Gasteiger partial charge in [-0.2, -0.15) is 0 Å². The van der Waals surface area contributed by atoms with Gasteiger partial charge in [0, 0.05) is 20.0 Å². The number of carboxylic acid groups (broad SMARTS) is 1. The van der Waals surface area contributed by atoms with E-state index in [2.05, 4.69) is 13.8 Å². The number of carbonyl (C=O) groups excluding carboxylic acids is 1. The maximum absolute atomic E-state index is 11.9. The summed E-state index contributed by atoms with van der Waals surface area (Å²) in [6, 6.07) is 0. The molecule has 100 valence electrons. The van der Waals surface area contributed by atoms with Gasteiger partial charge in [-0.1, -0.05) is 27.7 Å². The van der Waals surface area contributed by atoms with E-state index in [0.717, 1.165) is 13.0 Å². The minimum Gasteiger partial charge on any atom is -0.481 e. The summed E-state index contributed by atoms with van der Waals surface area (Å²) >= 11 is 0. The first-order chi connectivity index (χ1) is 7.64. The second-order valence-electron chi connectivity index (χ2n) is 5.91. The van der Waals surface area contributed by atoms with E-state index in [1.807, 2.05) is 13.8 Å². The minimum atomic E-state index is -0.854. The zero-order valence-electron chi connectivity index (χ0n) is 11.6. The summed E-state index contributed by atoms with van der Waals surface area (Å²) in [5, 5.41) is 8.75. The highest BCUT2D eigenvalue weighted by Gasteiger charge is 2.26. The molecule has 0 aromatic carbocycles. The maximum Gasteiger partial charge on any atom is 0.303 e. The summed E-state index contributed by atoms with van der Waals surface area (Å²) in [6.45, 7) is 8.60. The molecule has 0 aliphatic carbocycles. The fourth-order valence-electron chi connectivity index (χ4n) is 1.59. The molecule has 0 spiro atoms. The van der Waals surface area contributed by atoms with Crippen LogP contribution in [0.25, 0.3) is 0 Å². The van der Waals surface area contributed by atoms with Crippen LogP contribution in [0.5, 0.6) is 0 Å². The third-order valence-electron chi connectivity index (χ3n) is 2.73. The largest absolute Gasteiger partial charge is 0.481 e. The topological polar surface area (TPSA) is 57.6 Å². The van der Waals surface area contributed by atoms with E-state index in [0.29, 0.717) is 5.92 Å². The van der Waals surface area contributed by atoms with Gasteiger partial charge in [0.15, 0.2) is 0 Å². The SMILES string of the molecule is CC(C)CCN(C)C(=O)CC(C)(C)CC(=O)O. The molecule has 0 aliphatic heterocycles. The van der Waals surface area contributed by atoms with Crippen molar-refractivity contribution in [2.24, 2.45) is 11.3 Å². The highest BCUT2D eigenvalue weighted by atomic mass is 16.4. The fourth-order valence-corrected chi connectivity index (χ4v) is 1.59. The van der Waals surface area contributed by atoms with E-state index in [-0.39, 0.29) is 18.7 Å². The molecule has 17 heavy (non-hydrogen) atoms. The normalized spacial score (nSPS) is 11.6. The smallest absolute Gasteiger partial charge is 0.303 e. The molecule has 0 aromatic heterocycles. The van der Waals surface area contributed by atoms with Crippen LogP contribution in [0.1, 0.15) is 47.0 Å². The van der Waals surface area contributed by atoms with E-state index in [9.17, 15) is 9.59 Å². The first-order valence-electron chi connectivity index (χ1n) is 6.10. The third-order valence-corrected chi connectivity index (χ3v) is 2.73. The fraction of sp³-hybridized carbons (Fsp3) is 0.846. The number of nitrogens with zero attached hydrogens (tertiary/aromatic N) is 1. The summed E-state index contributed by atoms with van der Waals surface area (Å²) < 4.78 is 0. The van der Waals surface area contributed by atoms with Crippen molar-refractivity contribution in [1.29, 1.82) is 0 Å². The molecule has 4 nitrogen and oxygen atoms in total. The highest BCUT2D eigenvalue weighted by molar-refractivity contribution is 5.77. The first kappa shape index (κ1) is 15.9. The summed E-state index contributed by atoms with van der Waals surface area (Å²) in [6.07, 6.45) is 1.28. The second-order valence-corrected chi connectivity index (χ2v) is 5.91. The molecule has 0 aromatic rings. The van der Waals surface area contributed by atoms with Crippen molar-refractivity contribution in [2.75, 3.05) is 13.6 Å². The van der Waals surface area contributed by atoms with Crippen molar-refractivity contribution in [2.45, 2.75) is 47.0 Å². The van der Waals surface area contributed by atoms with Gasteiger partial charge >= 0.3 is 5.97 Å². The van der Waals surface area contributed by atoms with Crippen LogP contribution in [-0.4, -0.2) is 35.5 Å². The molecule has 0 radical (unpaired) electrons. The number of carboxylic acids is 1. The Hall–Kier alpha value is -1.06. The van der Waals surface area contributed by atoms with E-state index in [4.69, 9.17) is 5.11 Å². The molecule has 0 unspecified atom stereocenters. The molecule has 0 saturated carbocycles. The van der Waals surface area contributed by atoms with Gasteiger partial charge in [-0.3, -0.25) is 9.59 Å². The number of aliphatic carboxylic acids is 1. The van der Waals surface area contributed by atoms with E-state index >= 15 is 0 Å². The van der Waals surface area contributed by atoms with Crippen molar-refractivity contribution < 1.29 is 14.7 Å². The van der Waals surface area contributed by atoms with Crippen molar-refractivity contribution in [3.8, 4) is 0 Å².